The molecule has 0 saturated heterocycles. The van der Waals surface area contributed by atoms with Crippen LogP contribution in [-0.4, -0.2) is 12.2 Å². The van der Waals surface area contributed by atoms with E-state index in [1.165, 1.54) is 7.11 Å². The third-order valence-electron chi connectivity index (χ3n) is 2.05. The van der Waals surface area contributed by atoms with E-state index in [-0.39, 0.29) is 10.8 Å². The van der Waals surface area contributed by atoms with E-state index in [0.29, 0.717) is 5.56 Å². The monoisotopic (exact) mass is 233 g/mol. The minimum absolute atomic E-state index is 0.161. The zero-order chi connectivity index (χ0) is 11.8. The minimum Gasteiger partial charge on any atom is -0.504 e. The molecule has 0 aliphatic carbocycles. The Balaban J connectivity index is 3.53. The average Bonchev–Trinajstić information content (AvgIpc) is 2.12. The number of methoxy groups -OCH3 is 1. The van der Waals surface area contributed by atoms with Crippen LogP contribution in [0.25, 0.3) is 0 Å². The van der Waals surface area contributed by atoms with Gasteiger partial charge in [0.05, 0.1) is 7.11 Å². The molecular formula is C10H13ClFNO2. The summed E-state index contributed by atoms with van der Waals surface area (Å²) in [6.07, 6.45) is 0. The van der Waals surface area contributed by atoms with E-state index in [2.05, 4.69) is 0 Å². The molecule has 84 valence electrons. The first-order chi connectivity index (χ1) is 6.79. The molecular weight excluding hydrogens is 221 g/mol. The lowest BCUT2D eigenvalue weighted by Crippen LogP contribution is -2.29. The van der Waals surface area contributed by atoms with Crippen molar-refractivity contribution >= 4 is 11.6 Å². The molecule has 0 atom stereocenters. The number of phenols is 1. The summed E-state index contributed by atoms with van der Waals surface area (Å²) in [7, 11) is 1.38. The molecule has 1 rings (SSSR count). The van der Waals surface area contributed by atoms with Crippen LogP contribution in [0.4, 0.5) is 4.39 Å². The van der Waals surface area contributed by atoms with Gasteiger partial charge in [-0.3, -0.25) is 0 Å². The SMILES string of the molecule is COc1c(C(C)(C)N)cc(F)c(O)c1Cl. The molecule has 1 aromatic carbocycles. The normalized spacial score (nSPS) is 11.6. The number of benzene rings is 1. The highest BCUT2D eigenvalue weighted by atomic mass is 35.5. The second-order valence-electron chi connectivity index (χ2n) is 3.82. The average molecular weight is 234 g/mol. The van der Waals surface area contributed by atoms with Gasteiger partial charge in [-0.1, -0.05) is 11.6 Å². The lowest BCUT2D eigenvalue weighted by atomic mass is 9.94. The molecule has 3 nitrogen and oxygen atoms in total. The highest BCUT2D eigenvalue weighted by Crippen LogP contribution is 2.41. The zero-order valence-corrected chi connectivity index (χ0v) is 9.52. The van der Waals surface area contributed by atoms with Gasteiger partial charge in [0.25, 0.3) is 0 Å². The predicted octanol–water partition coefficient (Wildman–Crippen LogP) is 2.39. The Bertz CT molecular complexity index is 388. The first kappa shape index (κ1) is 12.1. The summed E-state index contributed by atoms with van der Waals surface area (Å²) in [5, 5.41) is 9.12. The van der Waals surface area contributed by atoms with Gasteiger partial charge in [-0.05, 0) is 19.9 Å². The van der Waals surface area contributed by atoms with Crippen LogP contribution in [0.2, 0.25) is 5.02 Å². The van der Waals surface area contributed by atoms with Gasteiger partial charge < -0.3 is 15.6 Å². The van der Waals surface area contributed by atoms with Crippen molar-refractivity contribution in [2.75, 3.05) is 7.11 Å². The fraction of sp³-hybridized carbons (Fsp3) is 0.400. The Labute approximate surface area is 92.6 Å². The first-order valence-electron chi connectivity index (χ1n) is 4.33. The molecule has 0 radical (unpaired) electrons. The molecule has 0 unspecified atom stereocenters. The summed E-state index contributed by atoms with van der Waals surface area (Å²) in [5.41, 5.74) is 5.44. The second kappa shape index (κ2) is 3.87. The third-order valence-corrected chi connectivity index (χ3v) is 2.40. The van der Waals surface area contributed by atoms with Crippen LogP contribution in [0.15, 0.2) is 6.07 Å². The number of aromatic hydroxyl groups is 1. The van der Waals surface area contributed by atoms with Crippen LogP contribution < -0.4 is 10.5 Å². The molecule has 0 aliphatic rings. The summed E-state index contributed by atoms with van der Waals surface area (Å²) < 4.78 is 18.2. The van der Waals surface area contributed by atoms with Crippen molar-refractivity contribution in [3.05, 3.63) is 22.5 Å². The maximum atomic E-state index is 13.2. The van der Waals surface area contributed by atoms with Crippen molar-refractivity contribution in [2.45, 2.75) is 19.4 Å². The van der Waals surface area contributed by atoms with E-state index in [0.717, 1.165) is 6.07 Å². The molecule has 0 bridgehead atoms. The maximum Gasteiger partial charge on any atom is 0.174 e. The van der Waals surface area contributed by atoms with Gasteiger partial charge in [-0.2, -0.15) is 0 Å². The lowest BCUT2D eigenvalue weighted by Gasteiger charge is -2.23. The van der Waals surface area contributed by atoms with E-state index < -0.39 is 17.1 Å². The molecule has 0 spiro atoms. The molecule has 3 N–H and O–H groups in total. The van der Waals surface area contributed by atoms with Gasteiger partial charge in [-0.25, -0.2) is 4.39 Å². The van der Waals surface area contributed by atoms with E-state index in [4.69, 9.17) is 22.1 Å². The Morgan fingerprint density at radius 3 is 2.47 bits per heavy atom. The second-order valence-corrected chi connectivity index (χ2v) is 4.20. The Hall–Kier alpha value is -1.00. The van der Waals surface area contributed by atoms with Gasteiger partial charge in [-0.15, -0.1) is 0 Å². The van der Waals surface area contributed by atoms with Gasteiger partial charge in [0.1, 0.15) is 10.8 Å². The summed E-state index contributed by atoms with van der Waals surface area (Å²) in [4.78, 5) is 0. The molecule has 15 heavy (non-hydrogen) atoms. The summed E-state index contributed by atoms with van der Waals surface area (Å²) >= 11 is 5.74. The number of ether oxygens (including phenoxy) is 1. The number of rotatable bonds is 2. The highest BCUT2D eigenvalue weighted by Gasteiger charge is 2.25. The van der Waals surface area contributed by atoms with E-state index >= 15 is 0 Å². The predicted molar refractivity (Wildman–Crippen MR) is 56.8 cm³/mol. The van der Waals surface area contributed by atoms with E-state index in [1.54, 1.807) is 13.8 Å². The smallest absolute Gasteiger partial charge is 0.174 e. The molecule has 0 aromatic heterocycles. The molecule has 1 aromatic rings. The largest absolute Gasteiger partial charge is 0.504 e. The lowest BCUT2D eigenvalue weighted by molar-refractivity contribution is 0.379. The van der Waals surface area contributed by atoms with Crippen molar-refractivity contribution in [3.8, 4) is 11.5 Å². The Morgan fingerprint density at radius 1 is 1.53 bits per heavy atom. The van der Waals surface area contributed by atoms with Gasteiger partial charge in [0, 0.05) is 11.1 Å². The van der Waals surface area contributed by atoms with Crippen LogP contribution in [0, 0.1) is 5.82 Å². The van der Waals surface area contributed by atoms with Crippen LogP contribution >= 0.6 is 11.6 Å². The molecule has 5 heteroatoms. The quantitative estimate of drug-likeness (QED) is 0.825. The molecule has 0 aliphatic heterocycles. The van der Waals surface area contributed by atoms with Gasteiger partial charge >= 0.3 is 0 Å². The minimum atomic E-state index is -0.811. The van der Waals surface area contributed by atoms with Crippen molar-refractivity contribution in [3.63, 3.8) is 0 Å². The Kier molecular flexibility index (Phi) is 3.11. The van der Waals surface area contributed by atoms with E-state index in [1.807, 2.05) is 0 Å². The molecule has 0 saturated carbocycles. The van der Waals surface area contributed by atoms with E-state index in [9.17, 15) is 9.50 Å². The standard InChI is InChI=1S/C10H13ClFNO2/c1-10(2,13)5-4-6(12)8(14)7(11)9(5)15-3/h4,14H,13H2,1-3H3. The Morgan fingerprint density at radius 2 is 2.07 bits per heavy atom. The number of nitrogens with two attached hydrogens (primary N) is 1. The maximum absolute atomic E-state index is 13.2. The zero-order valence-electron chi connectivity index (χ0n) is 8.77. The summed E-state index contributed by atoms with van der Waals surface area (Å²) in [6, 6.07) is 1.13. The molecule has 0 heterocycles. The summed E-state index contributed by atoms with van der Waals surface area (Å²) in [5.74, 6) is -1.24. The summed E-state index contributed by atoms with van der Waals surface area (Å²) in [6.45, 7) is 3.38. The van der Waals surface area contributed by atoms with Crippen LogP contribution in [-0.2, 0) is 5.54 Å². The van der Waals surface area contributed by atoms with Crippen LogP contribution in [0.3, 0.4) is 0 Å². The molecule has 0 amide bonds. The first-order valence-corrected chi connectivity index (χ1v) is 4.71. The fourth-order valence-electron chi connectivity index (χ4n) is 1.27. The van der Waals surface area contributed by atoms with Crippen molar-refractivity contribution in [1.82, 2.24) is 0 Å². The number of halogens is 2. The van der Waals surface area contributed by atoms with Crippen molar-refractivity contribution in [2.24, 2.45) is 5.73 Å². The number of hydrogen-bond donors (Lipinski definition) is 2. The van der Waals surface area contributed by atoms with Crippen LogP contribution in [0.5, 0.6) is 11.5 Å². The number of phenolic OH excluding ortho intramolecular Hbond substituents is 1. The highest BCUT2D eigenvalue weighted by molar-refractivity contribution is 6.33. The van der Waals surface area contributed by atoms with Gasteiger partial charge in [0.15, 0.2) is 11.6 Å². The molecule has 0 fully saturated rings. The number of hydrogen-bond acceptors (Lipinski definition) is 3. The third kappa shape index (κ3) is 2.16. The fourth-order valence-corrected chi connectivity index (χ4v) is 1.54. The van der Waals surface area contributed by atoms with Crippen molar-refractivity contribution in [1.29, 1.82) is 0 Å². The topological polar surface area (TPSA) is 55.5 Å². The van der Waals surface area contributed by atoms with Crippen molar-refractivity contribution < 1.29 is 14.2 Å². The van der Waals surface area contributed by atoms with Gasteiger partial charge in [0.2, 0.25) is 0 Å². The van der Waals surface area contributed by atoms with Crippen LogP contribution in [0.1, 0.15) is 19.4 Å².